The van der Waals surface area contributed by atoms with Crippen molar-refractivity contribution >= 4 is 28.4 Å². The lowest BCUT2D eigenvalue weighted by molar-refractivity contribution is -0.274. The van der Waals surface area contributed by atoms with E-state index in [4.69, 9.17) is 5.73 Å². The molecule has 1 amide bonds. The zero-order valence-corrected chi connectivity index (χ0v) is 16.8. The summed E-state index contributed by atoms with van der Waals surface area (Å²) in [5.74, 6) is -0.569. The predicted octanol–water partition coefficient (Wildman–Crippen LogP) is 5.34. The Morgan fingerprint density at radius 1 is 1.03 bits per heavy atom. The van der Waals surface area contributed by atoms with Crippen molar-refractivity contribution in [3.8, 4) is 16.9 Å². The Morgan fingerprint density at radius 3 is 2.50 bits per heavy atom. The molecule has 0 saturated carbocycles. The van der Waals surface area contributed by atoms with Gasteiger partial charge in [0.2, 0.25) is 5.95 Å². The number of carbonyl (C=O) groups is 1. The van der Waals surface area contributed by atoms with Gasteiger partial charge in [0.05, 0.1) is 5.52 Å². The maximum absolute atomic E-state index is 12.7. The molecule has 3 aromatic carbocycles. The molecule has 0 aliphatic carbocycles. The number of alkyl halides is 3. The number of nitrogens with one attached hydrogen (secondary N) is 1. The Kier molecular flexibility index (Phi) is 5.40. The zero-order chi connectivity index (χ0) is 22.9. The summed E-state index contributed by atoms with van der Waals surface area (Å²) in [5, 5.41) is 3.48. The molecule has 0 spiro atoms. The highest BCUT2D eigenvalue weighted by Gasteiger charge is 2.31. The van der Waals surface area contributed by atoms with Gasteiger partial charge in [0.1, 0.15) is 5.75 Å². The number of ether oxygens (including phenoxy) is 1. The van der Waals surface area contributed by atoms with E-state index in [1.165, 1.54) is 12.1 Å². The number of amides is 1. The van der Waals surface area contributed by atoms with Crippen molar-refractivity contribution in [1.29, 1.82) is 0 Å². The Labute approximate surface area is 180 Å². The second-order valence-corrected chi connectivity index (χ2v) is 7.06. The molecule has 4 aromatic rings. The molecular formula is C23H17F3N4O2. The van der Waals surface area contributed by atoms with Crippen LogP contribution in [-0.2, 0) is 0 Å². The van der Waals surface area contributed by atoms with Gasteiger partial charge in [-0.3, -0.25) is 4.79 Å². The molecule has 162 valence electrons. The predicted molar refractivity (Wildman–Crippen MR) is 115 cm³/mol. The van der Waals surface area contributed by atoms with E-state index in [1.54, 1.807) is 18.3 Å². The van der Waals surface area contributed by atoms with Crippen LogP contribution in [0.2, 0.25) is 0 Å². The minimum atomic E-state index is -4.77. The Bertz CT molecular complexity index is 1310. The molecule has 9 heteroatoms. The topological polar surface area (TPSA) is 90.1 Å². The van der Waals surface area contributed by atoms with Gasteiger partial charge in [-0.2, -0.15) is 0 Å². The molecule has 0 saturated heterocycles. The summed E-state index contributed by atoms with van der Waals surface area (Å²) >= 11 is 0. The number of carbonyl (C=O) groups excluding carboxylic acids is 1. The lowest BCUT2D eigenvalue weighted by Gasteiger charge is -2.12. The van der Waals surface area contributed by atoms with Crippen molar-refractivity contribution in [2.45, 2.75) is 13.3 Å². The van der Waals surface area contributed by atoms with Gasteiger partial charge < -0.3 is 15.8 Å². The van der Waals surface area contributed by atoms with Crippen molar-refractivity contribution in [1.82, 2.24) is 9.97 Å². The first kappa shape index (κ1) is 21.1. The van der Waals surface area contributed by atoms with Gasteiger partial charge in [0.15, 0.2) is 0 Å². The lowest BCUT2D eigenvalue weighted by atomic mass is 9.97. The third-order valence-corrected chi connectivity index (χ3v) is 4.75. The number of hydrogen-bond acceptors (Lipinski definition) is 5. The number of benzene rings is 3. The largest absolute Gasteiger partial charge is 0.573 e. The average Bonchev–Trinajstić information content (AvgIpc) is 2.74. The highest BCUT2D eigenvalue weighted by molar-refractivity contribution is 6.05. The number of halogens is 3. The lowest BCUT2D eigenvalue weighted by Crippen LogP contribution is -2.17. The van der Waals surface area contributed by atoms with Gasteiger partial charge in [0.25, 0.3) is 5.91 Å². The Hall–Kier alpha value is -4.14. The molecule has 3 N–H and O–H groups in total. The molecule has 0 atom stereocenters. The Morgan fingerprint density at radius 2 is 1.78 bits per heavy atom. The third-order valence-electron chi connectivity index (χ3n) is 4.75. The molecular weight excluding hydrogens is 421 g/mol. The summed E-state index contributed by atoms with van der Waals surface area (Å²) in [6.45, 7) is 1.93. The fraction of sp³-hybridized carbons (Fsp3) is 0.0870. The average molecular weight is 438 g/mol. The van der Waals surface area contributed by atoms with Gasteiger partial charge >= 0.3 is 6.36 Å². The van der Waals surface area contributed by atoms with Crippen LogP contribution in [0.25, 0.3) is 22.0 Å². The number of hydrogen-bond donors (Lipinski definition) is 2. The van der Waals surface area contributed by atoms with Crippen molar-refractivity contribution in [2.24, 2.45) is 0 Å². The van der Waals surface area contributed by atoms with Crippen LogP contribution < -0.4 is 15.8 Å². The second-order valence-electron chi connectivity index (χ2n) is 7.06. The highest BCUT2D eigenvalue weighted by atomic mass is 19.4. The molecule has 0 radical (unpaired) electrons. The minimum Gasteiger partial charge on any atom is -0.406 e. The van der Waals surface area contributed by atoms with Crippen molar-refractivity contribution in [3.05, 3.63) is 78.0 Å². The van der Waals surface area contributed by atoms with Crippen LogP contribution in [0.4, 0.5) is 24.8 Å². The quantitative estimate of drug-likeness (QED) is 0.449. The van der Waals surface area contributed by atoms with Gasteiger partial charge in [0, 0.05) is 22.8 Å². The molecule has 0 aliphatic rings. The van der Waals surface area contributed by atoms with Crippen LogP contribution in [0.5, 0.6) is 5.75 Å². The molecule has 0 bridgehead atoms. The summed E-state index contributed by atoms with van der Waals surface area (Å²) < 4.78 is 40.7. The van der Waals surface area contributed by atoms with E-state index in [1.807, 2.05) is 31.2 Å². The van der Waals surface area contributed by atoms with Crippen LogP contribution >= 0.6 is 0 Å². The van der Waals surface area contributed by atoms with Crippen LogP contribution in [0, 0.1) is 6.92 Å². The van der Waals surface area contributed by atoms with Crippen LogP contribution in [-0.4, -0.2) is 22.2 Å². The molecule has 0 aliphatic heterocycles. The highest BCUT2D eigenvalue weighted by Crippen LogP contribution is 2.28. The maximum Gasteiger partial charge on any atom is 0.573 e. The first-order chi connectivity index (χ1) is 15.2. The van der Waals surface area contributed by atoms with Crippen molar-refractivity contribution in [3.63, 3.8) is 0 Å². The van der Waals surface area contributed by atoms with Crippen molar-refractivity contribution < 1.29 is 22.7 Å². The molecule has 0 fully saturated rings. The second kappa shape index (κ2) is 8.18. The van der Waals surface area contributed by atoms with Gasteiger partial charge in [-0.15, -0.1) is 13.2 Å². The zero-order valence-electron chi connectivity index (χ0n) is 16.8. The van der Waals surface area contributed by atoms with E-state index in [2.05, 4.69) is 20.0 Å². The van der Waals surface area contributed by atoms with E-state index in [9.17, 15) is 18.0 Å². The van der Waals surface area contributed by atoms with Gasteiger partial charge in [-0.1, -0.05) is 12.1 Å². The monoisotopic (exact) mass is 438 g/mol. The van der Waals surface area contributed by atoms with Crippen molar-refractivity contribution in [2.75, 3.05) is 11.1 Å². The molecule has 1 heterocycles. The maximum atomic E-state index is 12.7. The summed E-state index contributed by atoms with van der Waals surface area (Å²) in [4.78, 5) is 20.9. The van der Waals surface area contributed by atoms with Gasteiger partial charge in [-0.05, 0) is 72.1 Å². The Balaban J connectivity index is 1.57. The van der Waals surface area contributed by atoms with Gasteiger partial charge in [-0.25, -0.2) is 9.97 Å². The van der Waals surface area contributed by atoms with Crippen LogP contribution in [0.15, 0.2) is 66.9 Å². The minimum absolute atomic E-state index is 0.193. The van der Waals surface area contributed by atoms with E-state index < -0.39 is 12.3 Å². The molecule has 0 unspecified atom stereocenters. The smallest absolute Gasteiger partial charge is 0.406 e. The van der Waals surface area contributed by atoms with E-state index in [0.29, 0.717) is 16.8 Å². The van der Waals surface area contributed by atoms with E-state index in [-0.39, 0.29) is 11.7 Å². The standard InChI is InChI=1S/C23H17F3N4O2/c1-13-2-3-15(21(31)29-17-5-7-18(8-6-17)32-23(24,25)26)11-19(13)14-4-9-20-16(10-14)12-28-22(27)30-20/h2-12H,1H3,(H,29,31)(H2,27,28,30). The number of aromatic nitrogens is 2. The number of nitrogens with zero attached hydrogens (tertiary/aromatic N) is 2. The normalized spacial score (nSPS) is 11.4. The number of nitrogen functional groups attached to an aromatic ring is 1. The van der Waals surface area contributed by atoms with E-state index >= 15 is 0 Å². The summed E-state index contributed by atoms with van der Waals surface area (Å²) in [6, 6.07) is 15.8. The molecule has 4 rings (SSSR count). The fourth-order valence-electron chi connectivity index (χ4n) is 3.23. The summed E-state index contributed by atoms with van der Waals surface area (Å²) in [7, 11) is 0. The first-order valence-corrected chi connectivity index (χ1v) is 9.48. The van der Waals surface area contributed by atoms with E-state index in [0.717, 1.165) is 34.2 Å². The number of anilines is 2. The molecule has 6 nitrogen and oxygen atoms in total. The fourth-order valence-corrected chi connectivity index (χ4v) is 3.23. The first-order valence-electron chi connectivity index (χ1n) is 9.48. The number of aryl methyl sites for hydroxylation is 1. The molecule has 32 heavy (non-hydrogen) atoms. The number of rotatable bonds is 4. The van der Waals surface area contributed by atoms with Crippen LogP contribution in [0.3, 0.4) is 0 Å². The summed E-state index contributed by atoms with van der Waals surface area (Å²) in [5.41, 5.74) is 9.77. The number of fused-ring (bicyclic) bond motifs is 1. The van der Waals surface area contributed by atoms with Crippen LogP contribution in [0.1, 0.15) is 15.9 Å². The summed E-state index contributed by atoms with van der Waals surface area (Å²) in [6.07, 6.45) is -3.14. The SMILES string of the molecule is Cc1ccc(C(=O)Nc2ccc(OC(F)(F)F)cc2)cc1-c1ccc2nc(N)ncc2c1. The third kappa shape index (κ3) is 4.77. The number of nitrogens with two attached hydrogens (primary N) is 1. The molecule has 1 aromatic heterocycles.